The van der Waals surface area contributed by atoms with Crippen LogP contribution in [0.4, 0.5) is 17.1 Å². The zero-order valence-corrected chi connectivity index (χ0v) is 22.6. The van der Waals surface area contributed by atoms with Crippen LogP contribution in [0.3, 0.4) is 0 Å². The van der Waals surface area contributed by atoms with Gasteiger partial charge in [0.05, 0.1) is 17.6 Å². The molecule has 1 aromatic heterocycles. The second-order valence-electron chi connectivity index (χ2n) is 7.84. The van der Waals surface area contributed by atoms with Gasteiger partial charge in [-0.25, -0.2) is 0 Å². The molecule has 5 aromatic rings. The van der Waals surface area contributed by atoms with E-state index in [1.807, 2.05) is 54.6 Å². The first-order valence-corrected chi connectivity index (χ1v) is 12.3. The van der Waals surface area contributed by atoms with E-state index in [0.717, 1.165) is 5.56 Å². The second-order valence-corrected chi connectivity index (χ2v) is 9.23. The van der Waals surface area contributed by atoms with Crippen molar-refractivity contribution in [2.24, 2.45) is 10.2 Å². The summed E-state index contributed by atoms with van der Waals surface area (Å²) >= 11 is 0. The maximum atomic E-state index is 11.9. The summed E-state index contributed by atoms with van der Waals surface area (Å²) in [6.07, 6.45) is 1.54. The molecule has 0 unspecified atom stereocenters. The third kappa shape index (κ3) is 5.87. The number of nitrogens with zero attached hydrogens (tertiary/aromatic N) is 3. The number of nitrogen functional groups attached to an aromatic ring is 1. The number of rotatable bonds is 6. The van der Waals surface area contributed by atoms with E-state index in [1.165, 1.54) is 6.07 Å². The average Bonchev–Trinajstić information content (AvgIpc) is 2.89. The number of anilines is 1. The van der Waals surface area contributed by atoms with Gasteiger partial charge in [0.1, 0.15) is 27.8 Å². The number of nitrogens with two attached hydrogens (primary N) is 1. The average molecular weight is 521 g/mol. The Hall–Kier alpha value is -3.60. The fraction of sp³-hybridized carbons (Fsp3) is 0. The van der Waals surface area contributed by atoms with E-state index in [0.29, 0.717) is 33.7 Å². The Morgan fingerprint density at radius 2 is 1.51 bits per heavy atom. The van der Waals surface area contributed by atoms with Crippen LogP contribution in [0.25, 0.3) is 22.0 Å². The summed E-state index contributed by atoms with van der Waals surface area (Å²) in [5.74, 6) is 1.37. The summed E-state index contributed by atoms with van der Waals surface area (Å²) in [5, 5.41) is 9.06. The van der Waals surface area contributed by atoms with Crippen molar-refractivity contribution in [3.8, 4) is 22.8 Å². The van der Waals surface area contributed by atoms with Gasteiger partial charge in [-0.05, 0) is 42.5 Å². The molecule has 8 nitrogen and oxygen atoms in total. The minimum atomic E-state index is -4.50. The molecule has 0 saturated carbocycles. The van der Waals surface area contributed by atoms with Crippen molar-refractivity contribution in [1.29, 1.82) is 0 Å². The van der Waals surface area contributed by atoms with E-state index in [4.69, 9.17) is 10.5 Å². The van der Waals surface area contributed by atoms with Crippen LogP contribution in [0, 0.1) is 0 Å². The Morgan fingerprint density at radius 1 is 0.838 bits per heavy atom. The summed E-state index contributed by atoms with van der Waals surface area (Å²) in [7, 11) is -4.50. The van der Waals surface area contributed by atoms with Crippen LogP contribution in [-0.2, 0) is 10.1 Å². The summed E-state index contributed by atoms with van der Waals surface area (Å²) in [6, 6.07) is 28.4. The van der Waals surface area contributed by atoms with Crippen LogP contribution in [0.15, 0.2) is 118 Å². The molecule has 0 aliphatic heterocycles. The molecule has 10 heteroatoms. The molecule has 0 fully saturated rings. The van der Waals surface area contributed by atoms with Crippen molar-refractivity contribution < 1.29 is 48.7 Å². The Morgan fingerprint density at radius 3 is 2.22 bits per heavy atom. The van der Waals surface area contributed by atoms with Gasteiger partial charge in [-0.1, -0.05) is 54.6 Å². The third-order valence-corrected chi connectivity index (χ3v) is 6.35. The first-order valence-electron chi connectivity index (χ1n) is 10.9. The molecule has 4 aromatic carbocycles. The normalized spacial score (nSPS) is 11.4. The molecule has 1 heterocycles. The molecule has 0 atom stereocenters. The fourth-order valence-electron chi connectivity index (χ4n) is 3.75. The Bertz CT molecular complexity index is 1700. The van der Waals surface area contributed by atoms with Crippen molar-refractivity contribution in [2.75, 3.05) is 5.73 Å². The molecular formula is C27H21N4NaO4S. The zero-order valence-electron chi connectivity index (χ0n) is 20.8. The predicted octanol–water partition coefficient (Wildman–Crippen LogP) is 4.05. The largest absolute Gasteiger partial charge is 1.00 e. The van der Waals surface area contributed by atoms with E-state index in [2.05, 4.69) is 15.2 Å². The topological polar surface area (TPSA) is 127 Å². The van der Waals surface area contributed by atoms with E-state index in [9.17, 15) is 13.0 Å². The van der Waals surface area contributed by atoms with Crippen molar-refractivity contribution >= 4 is 38.0 Å². The summed E-state index contributed by atoms with van der Waals surface area (Å²) in [6.45, 7) is 0. The number of benzene rings is 4. The van der Waals surface area contributed by atoms with Gasteiger partial charge < -0.3 is 11.9 Å². The van der Waals surface area contributed by atoms with Crippen LogP contribution in [0.1, 0.15) is 1.43 Å². The first kappa shape index (κ1) is 26.5. The van der Waals surface area contributed by atoms with Crippen LogP contribution in [-0.4, -0.2) is 18.0 Å². The zero-order chi connectivity index (χ0) is 25.1. The molecule has 0 amide bonds. The number of aromatic nitrogens is 1. The fourth-order valence-corrected chi connectivity index (χ4v) is 4.46. The van der Waals surface area contributed by atoms with Crippen LogP contribution < -0.4 is 40.0 Å². The minimum absolute atomic E-state index is 0. The van der Waals surface area contributed by atoms with E-state index in [1.54, 1.807) is 42.6 Å². The third-order valence-electron chi connectivity index (χ3n) is 5.46. The maximum Gasteiger partial charge on any atom is 1.00 e. The summed E-state index contributed by atoms with van der Waals surface area (Å²) in [4.78, 5) is 4.20. The number of azo groups is 1. The molecule has 3 N–H and O–H groups in total. The molecule has 180 valence electrons. The second kappa shape index (κ2) is 11.2. The number of hydrogen-bond acceptors (Lipinski definition) is 7. The van der Waals surface area contributed by atoms with Crippen molar-refractivity contribution in [3.05, 3.63) is 103 Å². The molecule has 0 saturated heterocycles. The van der Waals surface area contributed by atoms with Gasteiger partial charge in [0.15, 0.2) is 0 Å². The van der Waals surface area contributed by atoms with Crippen LogP contribution in [0.2, 0.25) is 0 Å². The SMILES string of the molecule is Nc1c(N=Nc2ccc(-c3ccccc3Oc3ccccc3)nc2)cc(S(=O)(=O)O)c2ccccc12.[H-].[Na+]. The van der Waals surface area contributed by atoms with E-state index >= 15 is 0 Å². The number of fused-ring (bicyclic) bond motifs is 1. The maximum absolute atomic E-state index is 11.9. The van der Waals surface area contributed by atoms with Gasteiger partial charge in [-0.3, -0.25) is 9.54 Å². The Labute approximate surface area is 237 Å². The van der Waals surface area contributed by atoms with E-state index < -0.39 is 10.1 Å². The number of pyridine rings is 1. The van der Waals surface area contributed by atoms with Crippen molar-refractivity contribution in [1.82, 2.24) is 4.98 Å². The van der Waals surface area contributed by atoms with E-state index in [-0.39, 0.29) is 47.3 Å². The van der Waals surface area contributed by atoms with Gasteiger partial charge in [0.25, 0.3) is 10.1 Å². The van der Waals surface area contributed by atoms with Crippen LogP contribution in [0.5, 0.6) is 11.5 Å². The Balaban J connectivity index is 0.00000200. The predicted molar refractivity (Wildman–Crippen MR) is 140 cm³/mol. The van der Waals surface area contributed by atoms with Crippen molar-refractivity contribution in [2.45, 2.75) is 4.90 Å². The molecule has 0 radical (unpaired) electrons. The number of hydrogen-bond donors (Lipinski definition) is 2. The van der Waals surface area contributed by atoms with Gasteiger partial charge in [-0.2, -0.15) is 8.42 Å². The monoisotopic (exact) mass is 520 g/mol. The number of ether oxygens (including phenoxy) is 1. The van der Waals surface area contributed by atoms with Crippen LogP contribution >= 0.6 is 0 Å². The van der Waals surface area contributed by atoms with Gasteiger partial charge in [0.2, 0.25) is 0 Å². The standard InChI is InChI=1S/C27H20N4O4S.Na.H/c28-27-21-11-5-4-10-20(21)26(36(32,33)34)16-24(27)31-30-18-14-15-23(29-17-18)22-12-6-7-13-25(22)35-19-8-2-1-3-9-19;;/h1-17H,28H2,(H,32,33,34);;/q;+1;-1. The van der Waals surface area contributed by atoms with Gasteiger partial charge in [0, 0.05) is 16.3 Å². The Kier molecular flexibility index (Phi) is 8.01. The molecule has 0 spiro atoms. The molecular weight excluding hydrogens is 499 g/mol. The first-order chi connectivity index (χ1) is 17.4. The molecule has 0 aliphatic carbocycles. The summed E-state index contributed by atoms with van der Waals surface area (Å²) in [5.41, 5.74) is 8.50. The molecule has 5 rings (SSSR count). The minimum Gasteiger partial charge on any atom is -1.00 e. The number of para-hydroxylation sites is 2. The van der Waals surface area contributed by atoms with Gasteiger partial charge >= 0.3 is 29.6 Å². The molecule has 0 aliphatic rings. The summed E-state index contributed by atoms with van der Waals surface area (Å²) < 4.78 is 39.5. The molecule has 37 heavy (non-hydrogen) atoms. The van der Waals surface area contributed by atoms with Gasteiger partial charge in [-0.15, -0.1) is 10.2 Å². The quantitative estimate of drug-likeness (QED) is 0.150. The smallest absolute Gasteiger partial charge is 1.00 e. The van der Waals surface area contributed by atoms with Crippen molar-refractivity contribution in [3.63, 3.8) is 0 Å². The molecule has 0 bridgehead atoms.